The van der Waals surface area contributed by atoms with Gasteiger partial charge in [0.05, 0.1) is 0 Å². The van der Waals surface area contributed by atoms with Crippen LogP contribution in [0.3, 0.4) is 0 Å². The van der Waals surface area contributed by atoms with Gasteiger partial charge in [0.1, 0.15) is 11.5 Å². The molecule has 0 saturated carbocycles. The Morgan fingerprint density at radius 2 is 1.10 bits per heavy atom. The smallest absolute Gasteiger partial charge is 0.135 e. The fraction of sp³-hybridized carbons (Fsp3) is 0.0980. The number of fused-ring (bicyclic) bond motifs is 6. The van der Waals surface area contributed by atoms with Crippen molar-refractivity contribution < 1.29 is 4.74 Å². The largest absolute Gasteiger partial charge is 0.456 e. The number of ether oxygens (including phenoxy) is 1. The third-order valence-electron chi connectivity index (χ3n) is 11.6. The Morgan fingerprint density at radius 3 is 1.94 bits per heavy atom. The van der Waals surface area contributed by atoms with Gasteiger partial charge in [-0.15, -0.1) is 0 Å². The van der Waals surface area contributed by atoms with Crippen molar-refractivity contribution in [3.05, 3.63) is 168 Å². The van der Waals surface area contributed by atoms with E-state index in [1.807, 2.05) is 6.07 Å². The summed E-state index contributed by atoms with van der Waals surface area (Å²) in [5, 5.41) is 10.2. The summed E-state index contributed by atoms with van der Waals surface area (Å²) in [6.07, 6.45) is 0.936. The molecule has 9 aromatic carbocycles. The zero-order chi connectivity index (χ0) is 34.7. The number of benzene rings is 9. The molecule has 1 nitrogen and oxygen atoms in total. The van der Waals surface area contributed by atoms with Crippen LogP contribution in [0.2, 0.25) is 0 Å². The molecule has 0 N–H and O–H groups in total. The van der Waals surface area contributed by atoms with Crippen LogP contribution in [-0.2, 0) is 11.8 Å². The second kappa shape index (κ2) is 10.7. The van der Waals surface area contributed by atoms with Crippen LogP contribution in [0.25, 0.3) is 87.6 Å². The molecule has 0 amide bonds. The van der Waals surface area contributed by atoms with E-state index in [0.717, 1.165) is 23.5 Å². The molecule has 1 heteroatoms. The molecule has 1 aliphatic heterocycles. The van der Waals surface area contributed by atoms with E-state index in [1.54, 1.807) is 0 Å². The van der Waals surface area contributed by atoms with E-state index in [-0.39, 0.29) is 5.41 Å². The monoisotopic (exact) mass is 664 g/mol. The number of para-hydroxylation sites is 1. The molecule has 0 saturated heterocycles. The van der Waals surface area contributed by atoms with Crippen LogP contribution in [-0.4, -0.2) is 0 Å². The van der Waals surface area contributed by atoms with Crippen molar-refractivity contribution in [1.29, 1.82) is 0 Å². The summed E-state index contributed by atoms with van der Waals surface area (Å²) in [5.41, 5.74) is 14.3. The van der Waals surface area contributed by atoms with E-state index in [2.05, 4.69) is 166 Å². The molecular formula is C51H36O. The SMILES string of the molecule is CC(C)(C)c1ccc2c(-c3ccc4c(c3)Cc3cccc5cccc-4c35)c3ccccc3c(-c3ccc4c5c(cccc35)-c3ccccc3O4)c2c1. The Kier molecular flexibility index (Phi) is 6.06. The third kappa shape index (κ3) is 4.17. The molecule has 1 aliphatic carbocycles. The van der Waals surface area contributed by atoms with Crippen molar-refractivity contribution >= 4 is 43.1 Å². The van der Waals surface area contributed by atoms with Gasteiger partial charge in [0.15, 0.2) is 0 Å². The molecule has 0 bridgehead atoms. The number of rotatable bonds is 2. The highest BCUT2D eigenvalue weighted by Gasteiger charge is 2.26. The second-order valence-electron chi connectivity index (χ2n) is 15.6. The van der Waals surface area contributed by atoms with Gasteiger partial charge in [-0.05, 0) is 129 Å². The minimum absolute atomic E-state index is 0.00498. The first kappa shape index (κ1) is 29.5. The fourth-order valence-electron chi connectivity index (χ4n) is 9.20. The first-order chi connectivity index (χ1) is 25.4. The molecule has 0 aromatic heterocycles. The second-order valence-corrected chi connectivity index (χ2v) is 15.6. The van der Waals surface area contributed by atoms with Crippen molar-refractivity contribution in [2.24, 2.45) is 0 Å². The predicted molar refractivity (Wildman–Crippen MR) is 220 cm³/mol. The maximum Gasteiger partial charge on any atom is 0.135 e. The molecule has 52 heavy (non-hydrogen) atoms. The van der Waals surface area contributed by atoms with E-state index >= 15 is 0 Å². The van der Waals surface area contributed by atoms with Crippen molar-refractivity contribution in [3.8, 4) is 56.0 Å². The van der Waals surface area contributed by atoms with Crippen LogP contribution < -0.4 is 4.74 Å². The highest BCUT2D eigenvalue weighted by Crippen LogP contribution is 2.52. The quantitative estimate of drug-likeness (QED) is 0.167. The normalized spacial score (nSPS) is 13.0. The molecular weight excluding hydrogens is 629 g/mol. The summed E-state index contributed by atoms with van der Waals surface area (Å²) in [4.78, 5) is 0. The van der Waals surface area contributed by atoms with Crippen molar-refractivity contribution in [3.63, 3.8) is 0 Å². The molecule has 9 aromatic rings. The Balaban J connectivity index is 1.22. The minimum Gasteiger partial charge on any atom is -0.456 e. The van der Waals surface area contributed by atoms with Gasteiger partial charge in [-0.1, -0.05) is 148 Å². The molecule has 0 atom stereocenters. The Bertz CT molecular complexity index is 2990. The van der Waals surface area contributed by atoms with Gasteiger partial charge in [-0.3, -0.25) is 0 Å². The number of hydrogen-bond acceptors (Lipinski definition) is 1. The van der Waals surface area contributed by atoms with Gasteiger partial charge in [0.25, 0.3) is 0 Å². The summed E-state index contributed by atoms with van der Waals surface area (Å²) < 4.78 is 6.54. The van der Waals surface area contributed by atoms with E-state index in [9.17, 15) is 0 Å². The molecule has 0 spiro atoms. The summed E-state index contributed by atoms with van der Waals surface area (Å²) in [7, 11) is 0. The summed E-state index contributed by atoms with van der Waals surface area (Å²) >= 11 is 0. The van der Waals surface area contributed by atoms with Gasteiger partial charge < -0.3 is 4.74 Å². The van der Waals surface area contributed by atoms with Gasteiger partial charge in [0, 0.05) is 10.9 Å². The Hall–Kier alpha value is -6.18. The summed E-state index contributed by atoms with van der Waals surface area (Å²) in [6.45, 7) is 6.94. The highest BCUT2D eigenvalue weighted by atomic mass is 16.5. The van der Waals surface area contributed by atoms with Crippen LogP contribution >= 0.6 is 0 Å². The zero-order valence-electron chi connectivity index (χ0n) is 29.5. The van der Waals surface area contributed by atoms with E-state index in [1.165, 1.54) is 98.7 Å². The first-order valence-electron chi connectivity index (χ1n) is 18.4. The first-order valence-corrected chi connectivity index (χ1v) is 18.4. The maximum absolute atomic E-state index is 6.54. The lowest BCUT2D eigenvalue weighted by Crippen LogP contribution is -2.10. The minimum atomic E-state index is -0.00498. The fourth-order valence-corrected chi connectivity index (χ4v) is 9.20. The van der Waals surface area contributed by atoms with Crippen LogP contribution in [0.4, 0.5) is 0 Å². The molecule has 2 aliphatic rings. The third-order valence-corrected chi connectivity index (χ3v) is 11.6. The highest BCUT2D eigenvalue weighted by molar-refractivity contribution is 6.25. The predicted octanol–water partition coefficient (Wildman–Crippen LogP) is 14.3. The van der Waals surface area contributed by atoms with E-state index in [4.69, 9.17) is 4.74 Å². The van der Waals surface area contributed by atoms with Gasteiger partial charge >= 0.3 is 0 Å². The average molecular weight is 665 g/mol. The van der Waals surface area contributed by atoms with Crippen molar-refractivity contribution in [2.75, 3.05) is 0 Å². The lowest BCUT2D eigenvalue weighted by Gasteiger charge is -2.26. The molecule has 246 valence electrons. The van der Waals surface area contributed by atoms with Crippen LogP contribution in [0.15, 0.2) is 152 Å². The maximum atomic E-state index is 6.54. The Labute approximate surface area is 303 Å². The standard InChI is InChI=1S/C51H36O/c1-51(2,3)34-22-24-43-44(29-34)49(42-25-26-46-50-38(18-10-19-41(42)50)36-14-6-7-20-45(36)52-46)40-16-5-4-15-39(40)48(43)32-21-23-35-33(28-32)27-31-13-8-11-30-12-9-17-37(35)47(30)31/h4-26,28-29H,27H2,1-3H3. The molecule has 0 fully saturated rings. The summed E-state index contributed by atoms with van der Waals surface area (Å²) in [5.74, 6) is 1.83. The van der Waals surface area contributed by atoms with Crippen LogP contribution in [0.5, 0.6) is 11.5 Å². The molecule has 1 heterocycles. The van der Waals surface area contributed by atoms with E-state index < -0.39 is 0 Å². The van der Waals surface area contributed by atoms with E-state index in [0.29, 0.717) is 0 Å². The van der Waals surface area contributed by atoms with Crippen molar-refractivity contribution in [2.45, 2.75) is 32.6 Å². The lowest BCUT2D eigenvalue weighted by molar-refractivity contribution is 0.487. The van der Waals surface area contributed by atoms with Gasteiger partial charge in [0.2, 0.25) is 0 Å². The molecule has 0 radical (unpaired) electrons. The number of hydrogen-bond donors (Lipinski definition) is 0. The van der Waals surface area contributed by atoms with Gasteiger partial charge in [-0.25, -0.2) is 0 Å². The average Bonchev–Trinajstić information content (AvgIpc) is 3.17. The zero-order valence-corrected chi connectivity index (χ0v) is 29.5. The topological polar surface area (TPSA) is 9.23 Å². The van der Waals surface area contributed by atoms with Gasteiger partial charge in [-0.2, -0.15) is 0 Å². The molecule has 0 unspecified atom stereocenters. The summed E-state index contributed by atoms with van der Waals surface area (Å²) in [6, 6.07) is 56.5. The molecule has 11 rings (SSSR count). The lowest BCUT2D eigenvalue weighted by atomic mass is 9.79. The van der Waals surface area contributed by atoms with Crippen LogP contribution in [0.1, 0.15) is 37.5 Å². The van der Waals surface area contributed by atoms with Crippen LogP contribution in [0, 0.1) is 0 Å². The van der Waals surface area contributed by atoms with Crippen molar-refractivity contribution in [1.82, 2.24) is 0 Å². The Morgan fingerprint density at radius 1 is 0.423 bits per heavy atom.